The SMILES string of the molecule is CC(=O)N[C@@H]1CCN(C(=O)c2nc(NCc3cncc(F)c3)nc3ccsc23)C1. The summed E-state index contributed by atoms with van der Waals surface area (Å²) >= 11 is 1.41. The molecule has 0 aromatic carbocycles. The van der Waals surface area contributed by atoms with Crippen molar-refractivity contribution in [3.63, 3.8) is 0 Å². The summed E-state index contributed by atoms with van der Waals surface area (Å²) in [5, 5.41) is 7.75. The molecule has 3 aromatic heterocycles. The van der Waals surface area contributed by atoms with Crippen molar-refractivity contribution in [1.82, 2.24) is 25.2 Å². The molecular formula is C19H19FN6O2S. The summed E-state index contributed by atoms with van der Waals surface area (Å²) in [4.78, 5) is 38.8. The number of halogens is 1. The number of rotatable bonds is 5. The number of hydrogen-bond acceptors (Lipinski definition) is 7. The summed E-state index contributed by atoms with van der Waals surface area (Å²) in [6.45, 7) is 2.75. The van der Waals surface area contributed by atoms with Gasteiger partial charge in [0.15, 0.2) is 5.69 Å². The van der Waals surface area contributed by atoms with Gasteiger partial charge in [-0.25, -0.2) is 14.4 Å². The number of nitrogens with zero attached hydrogens (tertiary/aromatic N) is 4. The van der Waals surface area contributed by atoms with Crippen LogP contribution in [-0.4, -0.2) is 50.8 Å². The Balaban J connectivity index is 1.55. The van der Waals surface area contributed by atoms with Crippen LogP contribution in [0.5, 0.6) is 0 Å². The van der Waals surface area contributed by atoms with Crippen LogP contribution in [0.3, 0.4) is 0 Å². The Labute approximate surface area is 170 Å². The zero-order valence-electron chi connectivity index (χ0n) is 15.7. The van der Waals surface area contributed by atoms with E-state index in [1.807, 2.05) is 11.4 Å². The number of hydrogen-bond donors (Lipinski definition) is 2. The fourth-order valence-corrected chi connectivity index (χ4v) is 4.13. The molecule has 1 fully saturated rings. The van der Waals surface area contributed by atoms with Crippen molar-refractivity contribution in [1.29, 1.82) is 0 Å². The molecule has 3 aromatic rings. The quantitative estimate of drug-likeness (QED) is 0.664. The third kappa shape index (κ3) is 4.32. The first kappa shape index (κ1) is 19.2. The van der Waals surface area contributed by atoms with Crippen LogP contribution in [0.4, 0.5) is 10.3 Å². The van der Waals surface area contributed by atoms with Gasteiger partial charge in [-0.15, -0.1) is 11.3 Å². The van der Waals surface area contributed by atoms with Crippen molar-refractivity contribution in [2.45, 2.75) is 25.9 Å². The normalized spacial score (nSPS) is 16.2. The topological polar surface area (TPSA) is 100 Å². The monoisotopic (exact) mass is 414 g/mol. The van der Waals surface area contributed by atoms with Crippen molar-refractivity contribution in [2.24, 2.45) is 0 Å². The molecule has 2 amide bonds. The number of pyridine rings is 1. The molecule has 8 nitrogen and oxygen atoms in total. The predicted molar refractivity (Wildman–Crippen MR) is 107 cm³/mol. The molecule has 0 spiro atoms. The van der Waals surface area contributed by atoms with Gasteiger partial charge in [0.05, 0.1) is 16.4 Å². The first-order chi connectivity index (χ1) is 14.0. The number of likely N-dealkylation sites (tertiary alicyclic amines) is 1. The van der Waals surface area contributed by atoms with Crippen LogP contribution in [0, 0.1) is 5.82 Å². The maximum Gasteiger partial charge on any atom is 0.274 e. The van der Waals surface area contributed by atoms with Crippen molar-refractivity contribution in [3.8, 4) is 0 Å². The lowest BCUT2D eigenvalue weighted by Crippen LogP contribution is -2.37. The highest BCUT2D eigenvalue weighted by Crippen LogP contribution is 2.26. The molecule has 150 valence electrons. The minimum absolute atomic E-state index is 0.0461. The second-order valence-electron chi connectivity index (χ2n) is 6.83. The third-order valence-corrected chi connectivity index (χ3v) is 5.51. The molecule has 0 aliphatic carbocycles. The number of carbonyl (C=O) groups is 2. The number of thiophene rings is 1. The van der Waals surface area contributed by atoms with E-state index in [1.54, 1.807) is 11.1 Å². The van der Waals surface area contributed by atoms with Gasteiger partial charge in [-0.2, -0.15) is 0 Å². The van der Waals surface area contributed by atoms with Crippen LogP contribution in [0.15, 0.2) is 29.9 Å². The van der Waals surface area contributed by atoms with E-state index in [-0.39, 0.29) is 24.4 Å². The molecule has 0 radical (unpaired) electrons. The average molecular weight is 414 g/mol. The van der Waals surface area contributed by atoms with Crippen LogP contribution < -0.4 is 10.6 Å². The van der Waals surface area contributed by atoms with Gasteiger partial charge in [0.2, 0.25) is 11.9 Å². The maximum atomic E-state index is 13.3. The number of aromatic nitrogens is 3. The standard InChI is InChI=1S/C19H19FN6O2S/c1-11(27)23-14-2-4-26(10-14)18(28)16-17-15(3-5-29-17)24-19(25-16)22-8-12-6-13(20)9-21-7-12/h3,5-7,9,14H,2,4,8,10H2,1H3,(H,23,27)(H,22,24,25)/t14-/m1/s1. The van der Waals surface area contributed by atoms with E-state index in [9.17, 15) is 14.0 Å². The van der Waals surface area contributed by atoms with Crippen LogP contribution in [0.1, 0.15) is 29.4 Å². The highest BCUT2D eigenvalue weighted by atomic mass is 32.1. The Morgan fingerprint density at radius 1 is 1.34 bits per heavy atom. The summed E-state index contributed by atoms with van der Waals surface area (Å²) < 4.78 is 14.0. The maximum absolute atomic E-state index is 13.3. The summed E-state index contributed by atoms with van der Waals surface area (Å²) in [7, 11) is 0. The first-order valence-electron chi connectivity index (χ1n) is 9.14. The lowest BCUT2D eigenvalue weighted by molar-refractivity contribution is -0.119. The van der Waals surface area contributed by atoms with Gasteiger partial charge >= 0.3 is 0 Å². The van der Waals surface area contributed by atoms with Gasteiger partial charge < -0.3 is 15.5 Å². The van der Waals surface area contributed by atoms with E-state index in [1.165, 1.54) is 24.3 Å². The number of anilines is 1. The molecule has 0 saturated carbocycles. The number of nitrogens with one attached hydrogen (secondary N) is 2. The highest BCUT2D eigenvalue weighted by molar-refractivity contribution is 7.17. The van der Waals surface area contributed by atoms with Gasteiger partial charge in [-0.05, 0) is 29.5 Å². The van der Waals surface area contributed by atoms with E-state index < -0.39 is 5.82 Å². The van der Waals surface area contributed by atoms with Crippen molar-refractivity contribution >= 4 is 39.3 Å². The smallest absolute Gasteiger partial charge is 0.274 e. The van der Waals surface area contributed by atoms with Gasteiger partial charge in [0, 0.05) is 38.8 Å². The second kappa shape index (κ2) is 8.08. The van der Waals surface area contributed by atoms with Crippen LogP contribution in [0.25, 0.3) is 10.2 Å². The molecule has 10 heteroatoms. The van der Waals surface area contributed by atoms with Crippen LogP contribution in [0.2, 0.25) is 0 Å². The summed E-state index contributed by atoms with van der Waals surface area (Å²) in [5.41, 5.74) is 1.64. The average Bonchev–Trinajstić information content (AvgIpc) is 3.34. The number of fused-ring (bicyclic) bond motifs is 1. The van der Waals surface area contributed by atoms with Gasteiger partial charge in [0.25, 0.3) is 5.91 Å². The Kier molecular flexibility index (Phi) is 5.34. The van der Waals surface area contributed by atoms with Crippen molar-refractivity contribution in [3.05, 3.63) is 47.0 Å². The lowest BCUT2D eigenvalue weighted by atomic mass is 10.2. The molecule has 1 aliphatic heterocycles. The lowest BCUT2D eigenvalue weighted by Gasteiger charge is -2.17. The summed E-state index contributed by atoms with van der Waals surface area (Å²) in [6.07, 6.45) is 3.40. The molecule has 1 aliphatic rings. The molecule has 0 bridgehead atoms. The van der Waals surface area contributed by atoms with E-state index in [0.29, 0.717) is 42.2 Å². The molecule has 1 atom stereocenters. The molecule has 4 rings (SSSR count). The molecule has 2 N–H and O–H groups in total. The Bertz CT molecular complexity index is 1070. The summed E-state index contributed by atoms with van der Waals surface area (Å²) in [5.74, 6) is -0.424. The fourth-order valence-electron chi connectivity index (χ4n) is 3.32. The number of amides is 2. The van der Waals surface area contributed by atoms with E-state index in [0.717, 1.165) is 10.9 Å². The minimum atomic E-state index is -0.419. The fraction of sp³-hybridized carbons (Fsp3) is 0.316. The zero-order valence-corrected chi connectivity index (χ0v) is 16.5. The Hall–Kier alpha value is -3.14. The molecule has 0 unspecified atom stereocenters. The second-order valence-corrected chi connectivity index (χ2v) is 7.75. The third-order valence-electron chi connectivity index (χ3n) is 4.60. The summed E-state index contributed by atoms with van der Waals surface area (Å²) in [6, 6.07) is 3.16. The minimum Gasteiger partial charge on any atom is -0.352 e. The van der Waals surface area contributed by atoms with Crippen LogP contribution in [-0.2, 0) is 11.3 Å². The van der Waals surface area contributed by atoms with Crippen LogP contribution >= 0.6 is 11.3 Å². The molecule has 4 heterocycles. The first-order valence-corrected chi connectivity index (χ1v) is 10.0. The highest BCUT2D eigenvalue weighted by Gasteiger charge is 2.29. The van der Waals surface area contributed by atoms with E-state index >= 15 is 0 Å². The molecule has 1 saturated heterocycles. The van der Waals surface area contributed by atoms with E-state index in [4.69, 9.17) is 0 Å². The zero-order chi connectivity index (χ0) is 20.4. The Morgan fingerprint density at radius 3 is 3.00 bits per heavy atom. The van der Waals surface area contributed by atoms with Gasteiger partial charge in [-0.3, -0.25) is 14.6 Å². The molecule has 29 heavy (non-hydrogen) atoms. The van der Waals surface area contributed by atoms with Crippen molar-refractivity contribution < 1.29 is 14.0 Å². The van der Waals surface area contributed by atoms with Crippen molar-refractivity contribution in [2.75, 3.05) is 18.4 Å². The predicted octanol–water partition coefficient (Wildman–Crippen LogP) is 2.19. The van der Waals surface area contributed by atoms with Gasteiger partial charge in [0.1, 0.15) is 5.82 Å². The van der Waals surface area contributed by atoms with E-state index in [2.05, 4.69) is 25.6 Å². The largest absolute Gasteiger partial charge is 0.352 e. The Morgan fingerprint density at radius 2 is 2.21 bits per heavy atom. The molecular weight excluding hydrogens is 395 g/mol. The van der Waals surface area contributed by atoms with Gasteiger partial charge in [-0.1, -0.05) is 0 Å². The number of carbonyl (C=O) groups excluding carboxylic acids is 2.